The standard InChI is InChI=1S/C20H32N2O.ClH/c23-18(20-12-15-9-16(13-20)11-17(10-15)14-20)22-7-3-19(4-8-22)1-5-21-6-2-19;/h15-17,21H,1-14H2;1H. The summed E-state index contributed by atoms with van der Waals surface area (Å²) in [7, 11) is 0. The van der Waals surface area contributed by atoms with Gasteiger partial charge in [0.15, 0.2) is 0 Å². The van der Waals surface area contributed by atoms with E-state index >= 15 is 0 Å². The molecular weight excluding hydrogens is 320 g/mol. The van der Waals surface area contributed by atoms with Gasteiger partial charge in [-0.1, -0.05) is 0 Å². The van der Waals surface area contributed by atoms with Crippen molar-refractivity contribution in [1.82, 2.24) is 10.2 Å². The Morgan fingerprint density at radius 1 is 0.833 bits per heavy atom. The second kappa shape index (κ2) is 6.16. The number of halogens is 1. The van der Waals surface area contributed by atoms with Gasteiger partial charge in [-0.05, 0) is 100 Å². The first kappa shape index (κ1) is 17.1. The lowest BCUT2D eigenvalue weighted by Gasteiger charge is -2.57. The maximum Gasteiger partial charge on any atom is 0.228 e. The fraction of sp³-hybridized carbons (Fsp3) is 0.950. The van der Waals surface area contributed by atoms with E-state index in [1.807, 2.05) is 0 Å². The Morgan fingerprint density at radius 2 is 1.33 bits per heavy atom. The zero-order valence-corrected chi connectivity index (χ0v) is 15.7. The number of nitrogens with one attached hydrogen (secondary N) is 1. The lowest BCUT2D eigenvalue weighted by atomic mass is 9.49. The molecule has 6 fully saturated rings. The topological polar surface area (TPSA) is 32.3 Å². The van der Waals surface area contributed by atoms with Crippen molar-refractivity contribution < 1.29 is 4.79 Å². The second-order valence-electron chi connectivity index (χ2n) is 9.74. The van der Waals surface area contributed by atoms with Gasteiger partial charge in [-0.3, -0.25) is 4.79 Å². The monoisotopic (exact) mass is 352 g/mol. The molecule has 3 nitrogen and oxygen atoms in total. The maximum atomic E-state index is 13.4. The number of piperidine rings is 2. The minimum absolute atomic E-state index is 0. The van der Waals surface area contributed by atoms with Crippen molar-refractivity contribution in [3.05, 3.63) is 0 Å². The van der Waals surface area contributed by atoms with E-state index in [0.717, 1.165) is 30.8 Å². The lowest BCUT2D eigenvalue weighted by Crippen LogP contribution is -2.57. The van der Waals surface area contributed by atoms with Crippen molar-refractivity contribution >= 4 is 18.3 Å². The molecule has 4 heteroatoms. The third kappa shape index (κ3) is 2.70. The first-order valence-corrected chi connectivity index (χ1v) is 10.2. The Kier molecular flexibility index (Phi) is 4.40. The van der Waals surface area contributed by atoms with Crippen LogP contribution >= 0.6 is 12.4 Å². The van der Waals surface area contributed by atoms with Crippen LogP contribution in [0.15, 0.2) is 0 Å². The highest BCUT2D eigenvalue weighted by Gasteiger charge is 2.56. The van der Waals surface area contributed by atoms with Crippen LogP contribution in [0, 0.1) is 28.6 Å². The number of nitrogens with zero attached hydrogens (tertiary/aromatic N) is 1. The van der Waals surface area contributed by atoms with Gasteiger partial charge in [0, 0.05) is 13.1 Å². The minimum atomic E-state index is 0. The van der Waals surface area contributed by atoms with Crippen LogP contribution < -0.4 is 5.32 Å². The number of carbonyl (C=O) groups excluding carboxylic acids is 1. The van der Waals surface area contributed by atoms with E-state index in [0.29, 0.717) is 11.3 Å². The molecule has 24 heavy (non-hydrogen) atoms. The second-order valence-corrected chi connectivity index (χ2v) is 9.74. The third-order valence-electron chi connectivity index (χ3n) is 8.27. The summed E-state index contributed by atoms with van der Waals surface area (Å²) in [6, 6.07) is 0. The van der Waals surface area contributed by atoms with E-state index in [1.54, 1.807) is 0 Å². The van der Waals surface area contributed by atoms with E-state index in [1.165, 1.54) is 77.3 Å². The van der Waals surface area contributed by atoms with Gasteiger partial charge in [0.1, 0.15) is 0 Å². The molecule has 2 saturated heterocycles. The summed E-state index contributed by atoms with van der Waals surface area (Å²) >= 11 is 0. The number of hydrogen-bond donors (Lipinski definition) is 1. The SMILES string of the molecule is Cl.O=C(N1CCC2(CCNCC2)CC1)C12CC3CC(CC(C3)C1)C2. The van der Waals surface area contributed by atoms with Gasteiger partial charge >= 0.3 is 0 Å². The maximum absolute atomic E-state index is 13.4. The zero-order chi connectivity index (χ0) is 15.5. The van der Waals surface area contributed by atoms with Gasteiger partial charge in [-0.2, -0.15) is 0 Å². The van der Waals surface area contributed by atoms with Crippen LogP contribution in [0.25, 0.3) is 0 Å². The molecule has 6 rings (SSSR count). The molecule has 0 unspecified atom stereocenters. The molecule has 4 bridgehead atoms. The van der Waals surface area contributed by atoms with E-state index in [4.69, 9.17) is 0 Å². The van der Waals surface area contributed by atoms with Crippen LogP contribution in [0.5, 0.6) is 0 Å². The molecular formula is C20H33ClN2O. The molecule has 2 heterocycles. The summed E-state index contributed by atoms with van der Waals surface area (Å²) in [4.78, 5) is 15.7. The number of hydrogen-bond acceptors (Lipinski definition) is 2. The van der Waals surface area contributed by atoms with E-state index in [9.17, 15) is 4.79 Å². The Labute approximate surface area is 152 Å². The molecule has 2 aliphatic heterocycles. The van der Waals surface area contributed by atoms with Crippen molar-refractivity contribution in [1.29, 1.82) is 0 Å². The van der Waals surface area contributed by atoms with E-state index < -0.39 is 0 Å². The third-order valence-corrected chi connectivity index (χ3v) is 8.27. The Morgan fingerprint density at radius 3 is 1.83 bits per heavy atom. The van der Waals surface area contributed by atoms with Crippen LogP contribution in [0.4, 0.5) is 0 Å². The van der Waals surface area contributed by atoms with Crippen molar-refractivity contribution in [2.75, 3.05) is 26.2 Å². The summed E-state index contributed by atoms with van der Waals surface area (Å²) in [5, 5.41) is 3.50. The summed E-state index contributed by atoms with van der Waals surface area (Å²) in [5.74, 6) is 3.21. The van der Waals surface area contributed by atoms with Gasteiger partial charge in [0.25, 0.3) is 0 Å². The molecule has 1 amide bonds. The van der Waals surface area contributed by atoms with Gasteiger partial charge in [-0.15, -0.1) is 12.4 Å². The van der Waals surface area contributed by atoms with Crippen molar-refractivity contribution in [3.63, 3.8) is 0 Å². The normalized spacial score (nSPS) is 42.8. The number of carbonyl (C=O) groups is 1. The summed E-state index contributed by atoms with van der Waals surface area (Å²) in [6.07, 6.45) is 13.1. The predicted molar refractivity (Wildman–Crippen MR) is 98.2 cm³/mol. The summed E-state index contributed by atoms with van der Waals surface area (Å²) < 4.78 is 0. The molecule has 1 spiro atoms. The van der Waals surface area contributed by atoms with Gasteiger partial charge in [0.05, 0.1) is 5.41 Å². The molecule has 1 N–H and O–H groups in total. The number of rotatable bonds is 1. The van der Waals surface area contributed by atoms with Crippen LogP contribution in [0.2, 0.25) is 0 Å². The van der Waals surface area contributed by atoms with Crippen LogP contribution in [-0.4, -0.2) is 37.0 Å². The highest BCUT2D eigenvalue weighted by molar-refractivity contribution is 5.85. The van der Waals surface area contributed by atoms with Crippen molar-refractivity contribution in [3.8, 4) is 0 Å². The Balaban J connectivity index is 0.00000146. The predicted octanol–water partition coefficient (Wildman–Crippen LogP) is 3.62. The van der Waals surface area contributed by atoms with E-state index in [2.05, 4.69) is 10.2 Å². The number of likely N-dealkylation sites (tertiary alicyclic amines) is 1. The summed E-state index contributed by atoms with van der Waals surface area (Å²) in [6.45, 7) is 4.45. The fourth-order valence-corrected chi connectivity index (χ4v) is 7.35. The molecule has 0 aromatic heterocycles. The summed E-state index contributed by atoms with van der Waals surface area (Å²) in [5.41, 5.74) is 0.636. The van der Waals surface area contributed by atoms with Gasteiger partial charge in [0.2, 0.25) is 5.91 Å². The van der Waals surface area contributed by atoms with E-state index in [-0.39, 0.29) is 17.8 Å². The average Bonchev–Trinajstić information content (AvgIpc) is 2.54. The first-order chi connectivity index (χ1) is 11.2. The quantitative estimate of drug-likeness (QED) is 0.781. The van der Waals surface area contributed by atoms with Crippen LogP contribution in [0.1, 0.15) is 64.2 Å². The molecule has 0 aromatic rings. The molecule has 4 saturated carbocycles. The van der Waals surface area contributed by atoms with Crippen LogP contribution in [-0.2, 0) is 4.79 Å². The van der Waals surface area contributed by atoms with Crippen molar-refractivity contribution in [2.24, 2.45) is 28.6 Å². The highest BCUT2D eigenvalue weighted by Crippen LogP contribution is 2.60. The van der Waals surface area contributed by atoms with Gasteiger partial charge < -0.3 is 10.2 Å². The van der Waals surface area contributed by atoms with Gasteiger partial charge in [-0.25, -0.2) is 0 Å². The highest BCUT2D eigenvalue weighted by atomic mass is 35.5. The first-order valence-electron chi connectivity index (χ1n) is 10.2. The molecule has 0 atom stereocenters. The average molecular weight is 353 g/mol. The van der Waals surface area contributed by atoms with Crippen LogP contribution in [0.3, 0.4) is 0 Å². The largest absolute Gasteiger partial charge is 0.342 e. The molecule has 136 valence electrons. The smallest absolute Gasteiger partial charge is 0.228 e. The van der Waals surface area contributed by atoms with Crippen molar-refractivity contribution in [2.45, 2.75) is 64.2 Å². The lowest BCUT2D eigenvalue weighted by molar-refractivity contribution is -0.160. The molecule has 0 radical (unpaired) electrons. The molecule has 0 aromatic carbocycles. The number of amides is 1. The molecule has 6 aliphatic rings. The Bertz CT molecular complexity index is 455. The Hall–Kier alpha value is -0.280. The fourth-order valence-electron chi connectivity index (χ4n) is 7.35. The zero-order valence-electron chi connectivity index (χ0n) is 14.9. The molecule has 4 aliphatic carbocycles. The minimum Gasteiger partial charge on any atom is -0.342 e.